The topological polar surface area (TPSA) is 46.3 Å². The SMILES string of the molecule is Nc1ccc(CN2CCCCC2=O)c(Cl)c1. The number of halogens is 1. The highest BCUT2D eigenvalue weighted by Crippen LogP contribution is 2.22. The summed E-state index contributed by atoms with van der Waals surface area (Å²) in [6.45, 7) is 1.43. The summed E-state index contributed by atoms with van der Waals surface area (Å²) < 4.78 is 0. The highest BCUT2D eigenvalue weighted by molar-refractivity contribution is 6.31. The summed E-state index contributed by atoms with van der Waals surface area (Å²) in [5.74, 6) is 0.221. The molecule has 16 heavy (non-hydrogen) atoms. The third-order valence-corrected chi connectivity index (χ3v) is 3.21. The molecule has 0 bridgehead atoms. The number of piperidine rings is 1. The standard InChI is InChI=1S/C12H15ClN2O/c13-11-7-10(14)5-4-9(11)8-15-6-2-1-3-12(15)16/h4-5,7H,1-3,6,8,14H2. The quantitative estimate of drug-likeness (QED) is 0.805. The van der Waals surface area contributed by atoms with E-state index < -0.39 is 0 Å². The number of anilines is 1. The van der Waals surface area contributed by atoms with E-state index in [0.717, 1.165) is 24.9 Å². The van der Waals surface area contributed by atoms with Crippen LogP contribution < -0.4 is 5.73 Å². The van der Waals surface area contributed by atoms with Crippen LogP contribution in [-0.4, -0.2) is 17.4 Å². The van der Waals surface area contributed by atoms with Gasteiger partial charge >= 0.3 is 0 Å². The van der Waals surface area contributed by atoms with Gasteiger partial charge in [0, 0.05) is 30.2 Å². The second-order valence-corrected chi connectivity index (χ2v) is 4.53. The molecule has 3 nitrogen and oxygen atoms in total. The van der Waals surface area contributed by atoms with Gasteiger partial charge in [0.1, 0.15) is 0 Å². The largest absolute Gasteiger partial charge is 0.399 e. The molecule has 0 aliphatic carbocycles. The van der Waals surface area contributed by atoms with Crippen LogP contribution in [0.5, 0.6) is 0 Å². The third-order valence-electron chi connectivity index (χ3n) is 2.86. The number of benzene rings is 1. The molecule has 1 aliphatic rings. The number of nitrogens with two attached hydrogens (primary N) is 1. The molecule has 2 rings (SSSR count). The first-order valence-corrected chi connectivity index (χ1v) is 5.86. The maximum atomic E-state index is 11.6. The van der Waals surface area contributed by atoms with Crippen LogP contribution in [0.3, 0.4) is 0 Å². The molecule has 1 amide bonds. The van der Waals surface area contributed by atoms with E-state index in [4.69, 9.17) is 17.3 Å². The first-order chi connectivity index (χ1) is 7.66. The molecule has 0 saturated carbocycles. The van der Waals surface area contributed by atoms with Gasteiger partial charge in [0.05, 0.1) is 0 Å². The number of nitrogens with zero attached hydrogens (tertiary/aromatic N) is 1. The minimum Gasteiger partial charge on any atom is -0.399 e. The molecule has 0 aromatic heterocycles. The lowest BCUT2D eigenvalue weighted by atomic mass is 10.1. The van der Waals surface area contributed by atoms with E-state index in [2.05, 4.69) is 0 Å². The van der Waals surface area contributed by atoms with E-state index >= 15 is 0 Å². The number of amides is 1. The summed E-state index contributed by atoms with van der Waals surface area (Å²) in [5, 5.41) is 0.637. The van der Waals surface area contributed by atoms with E-state index in [-0.39, 0.29) is 5.91 Å². The highest BCUT2D eigenvalue weighted by atomic mass is 35.5. The van der Waals surface area contributed by atoms with Crippen molar-refractivity contribution in [3.8, 4) is 0 Å². The summed E-state index contributed by atoms with van der Waals surface area (Å²) in [6.07, 6.45) is 2.75. The average Bonchev–Trinajstić information content (AvgIpc) is 2.25. The molecular formula is C12H15ClN2O. The van der Waals surface area contributed by atoms with Crippen molar-refractivity contribution >= 4 is 23.2 Å². The van der Waals surface area contributed by atoms with Gasteiger partial charge in [-0.15, -0.1) is 0 Å². The summed E-state index contributed by atoms with van der Waals surface area (Å²) in [4.78, 5) is 13.5. The molecule has 1 aromatic carbocycles. The lowest BCUT2D eigenvalue weighted by Crippen LogP contribution is -2.34. The van der Waals surface area contributed by atoms with Crippen molar-refractivity contribution in [3.05, 3.63) is 28.8 Å². The molecule has 1 heterocycles. The first-order valence-electron chi connectivity index (χ1n) is 5.48. The fourth-order valence-corrected chi connectivity index (χ4v) is 2.18. The average molecular weight is 239 g/mol. The van der Waals surface area contributed by atoms with Gasteiger partial charge in [0.25, 0.3) is 0 Å². The Morgan fingerprint density at radius 1 is 1.38 bits per heavy atom. The predicted octanol–water partition coefficient (Wildman–Crippen LogP) is 2.43. The van der Waals surface area contributed by atoms with Gasteiger partial charge in [-0.3, -0.25) is 4.79 Å². The fraction of sp³-hybridized carbons (Fsp3) is 0.417. The first kappa shape index (κ1) is 11.3. The summed E-state index contributed by atoms with van der Waals surface area (Å²) in [5.41, 5.74) is 7.24. The van der Waals surface area contributed by atoms with Crippen molar-refractivity contribution in [2.24, 2.45) is 0 Å². The second kappa shape index (κ2) is 4.74. The number of hydrogen-bond acceptors (Lipinski definition) is 2. The summed E-state index contributed by atoms with van der Waals surface area (Å²) >= 11 is 6.08. The van der Waals surface area contributed by atoms with Crippen LogP contribution >= 0.6 is 11.6 Å². The molecule has 0 unspecified atom stereocenters. The Morgan fingerprint density at radius 2 is 2.19 bits per heavy atom. The molecule has 1 saturated heterocycles. The molecule has 0 atom stereocenters. The molecule has 2 N–H and O–H groups in total. The Morgan fingerprint density at radius 3 is 2.88 bits per heavy atom. The van der Waals surface area contributed by atoms with Gasteiger partial charge in [0.2, 0.25) is 5.91 Å². The van der Waals surface area contributed by atoms with Crippen molar-refractivity contribution < 1.29 is 4.79 Å². The maximum absolute atomic E-state index is 11.6. The van der Waals surface area contributed by atoms with Gasteiger partial charge in [-0.25, -0.2) is 0 Å². The van der Waals surface area contributed by atoms with Crippen LogP contribution in [0.4, 0.5) is 5.69 Å². The van der Waals surface area contributed by atoms with E-state index in [9.17, 15) is 4.79 Å². The van der Waals surface area contributed by atoms with Crippen LogP contribution in [-0.2, 0) is 11.3 Å². The molecule has 0 spiro atoms. The molecule has 1 fully saturated rings. The summed E-state index contributed by atoms with van der Waals surface area (Å²) in [6, 6.07) is 5.43. The lowest BCUT2D eigenvalue weighted by Gasteiger charge is -2.27. The van der Waals surface area contributed by atoms with Crippen molar-refractivity contribution in [1.82, 2.24) is 4.90 Å². The molecule has 4 heteroatoms. The second-order valence-electron chi connectivity index (χ2n) is 4.12. The number of hydrogen-bond donors (Lipinski definition) is 1. The fourth-order valence-electron chi connectivity index (χ4n) is 1.93. The van der Waals surface area contributed by atoms with Gasteiger partial charge in [-0.05, 0) is 30.5 Å². The summed E-state index contributed by atoms with van der Waals surface area (Å²) in [7, 11) is 0. The molecular weight excluding hydrogens is 224 g/mol. The van der Waals surface area contributed by atoms with Gasteiger partial charge in [-0.2, -0.15) is 0 Å². The monoisotopic (exact) mass is 238 g/mol. The molecule has 1 aromatic rings. The minimum atomic E-state index is 0.221. The normalized spacial score (nSPS) is 16.6. The molecule has 1 aliphatic heterocycles. The van der Waals surface area contributed by atoms with Crippen molar-refractivity contribution in [2.75, 3.05) is 12.3 Å². The number of carbonyl (C=O) groups excluding carboxylic acids is 1. The van der Waals surface area contributed by atoms with Crippen molar-refractivity contribution in [2.45, 2.75) is 25.8 Å². The van der Waals surface area contributed by atoms with Crippen molar-refractivity contribution in [1.29, 1.82) is 0 Å². The van der Waals surface area contributed by atoms with Crippen LogP contribution in [0, 0.1) is 0 Å². The zero-order valence-corrected chi connectivity index (χ0v) is 9.83. The van der Waals surface area contributed by atoms with Gasteiger partial charge < -0.3 is 10.6 Å². The molecule has 86 valence electrons. The predicted molar refractivity (Wildman–Crippen MR) is 65.1 cm³/mol. The third kappa shape index (κ3) is 2.47. The van der Waals surface area contributed by atoms with E-state index in [1.165, 1.54) is 0 Å². The highest BCUT2D eigenvalue weighted by Gasteiger charge is 2.18. The van der Waals surface area contributed by atoms with Gasteiger partial charge in [0.15, 0.2) is 0 Å². The van der Waals surface area contributed by atoms with Crippen LogP contribution in [0.1, 0.15) is 24.8 Å². The zero-order chi connectivity index (χ0) is 11.5. The van der Waals surface area contributed by atoms with Gasteiger partial charge in [-0.1, -0.05) is 17.7 Å². The Hall–Kier alpha value is -1.22. The smallest absolute Gasteiger partial charge is 0.222 e. The Balaban J connectivity index is 2.10. The Bertz CT molecular complexity index is 406. The number of likely N-dealkylation sites (tertiary alicyclic amines) is 1. The number of carbonyl (C=O) groups is 1. The maximum Gasteiger partial charge on any atom is 0.222 e. The van der Waals surface area contributed by atoms with E-state index in [1.807, 2.05) is 17.0 Å². The zero-order valence-electron chi connectivity index (χ0n) is 9.08. The lowest BCUT2D eigenvalue weighted by molar-refractivity contribution is -0.133. The molecule has 0 radical (unpaired) electrons. The Kier molecular flexibility index (Phi) is 3.34. The van der Waals surface area contributed by atoms with Crippen LogP contribution in [0.15, 0.2) is 18.2 Å². The van der Waals surface area contributed by atoms with Crippen LogP contribution in [0.2, 0.25) is 5.02 Å². The van der Waals surface area contributed by atoms with Crippen molar-refractivity contribution in [3.63, 3.8) is 0 Å². The number of nitrogen functional groups attached to an aromatic ring is 1. The Labute approximate surface area is 100 Å². The van der Waals surface area contributed by atoms with Crippen LogP contribution in [0.25, 0.3) is 0 Å². The number of rotatable bonds is 2. The minimum absolute atomic E-state index is 0.221. The van der Waals surface area contributed by atoms with E-state index in [0.29, 0.717) is 23.7 Å². The van der Waals surface area contributed by atoms with E-state index in [1.54, 1.807) is 6.07 Å².